The van der Waals surface area contributed by atoms with Crippen LogP contribution in [-0.4, -0.2) is 10.2 Å². The van der Waals surface area contributed by atoms with E-state index in [1.807, 2.05) is 50.2 Å². The minimum absolute atomic E-state index is 0.149. The van der Waals surface area contributed by atoms with Crippen LogP contribution in [0.2, 0.25) is 0 Å². The maximum absolute atomic E-state index is 12.0. The number of H-pyrrole nitrogens is 1. The average molecular weight is 279 g/mol. The topological polar surface area (TPSA) is 71.8 Å². The molecular weight excluding hydrogens is 262 g/mol. The zero-order valence-corrected chi connectivity index (χ0v) is 12.1. The first-order valence-electron chi connectivity index (χ1n) is 6.87. The van der Waals surface area contributed by atoms with E-state index in [0.717, 1.165) is 33.5 Å². The molecule has 0 spiro atoms. The van der Waals surface area contributed by atoms with Gasteiger partial charge in [0.05, 0.1) is 11.1 Å². The molecule has 0 aliphatic carbocycles. The second kappa shape index (κ2) is 5.05. The summed E-state index contributed by atoms with van der Waals surface area (Å²) in [6.07, 6.45) is 0.640. The standard InChI is InChI=1S/C17H17N3O/c1-10-6-14-15(7-11(10)2)17(21)20-19-16(14)9-12-4-3-5-13(18)8-12/h3-8H,9,18H2,1-2H3,(H,20,21). The molecule has 0 fully saturated rings. The predicted molar refractivity (Wildman–Crippen MR) is 85.5 cm³/mol. The van der Waals surface area contributed by atoms with Gasteiger partial charge in [-0.25, -0.2) is 5.10 Å². The van der Waals surface area contributed by atoms with Crippen molar-refractivity contribution in [1.82, 2.24) is 10.2 Å². The van der Waals surface area contributed by atoms with Crippen LogP contribution in [0.3, 0.4) is 0 Å². The van der Waals surface area contributed by atoms with Crippen LogP contribution in [0, 0.1) is 13.8 Å². The van der Waals surface area contributed by atoms with Gasteiger partial charge in [-0.2, -0.15) is 5.10 Å². The van der Waals surface area contributed by atoms with Crippen molar-refractivity contribution >= 4 is 16.5 Å². The Morgan fingerprint density at radius 1 is 1.10 bits per heavy atom. The van der Waals surface area contributed by atoms with Gasteiger partial charge in [0.1, 0.15) is 0 Å². The second-order valence-corrected chi connectivity index (χ2v) is 5.40. The number of nitrogens with two attached hydrogens (primary N) is 1. The number of aryl methyl sites for hydroxylation is 2. The van der Waals surface area contributed by atoms with Gasteiger partial charge in [-0.05, 0) is 54.8 Å². The van der Waals surface area contributed by atoms with Crippen LogP contribution in [0.15, 0.2) is 41.2 Å². The van der Waals surface area contributed by atoms with Crippen LogP contribution < -0.4 is 11.3 Å². The van der Waals surface area contributed by atoms with E-state index in [9.17, 15) is 4.79 Å². The molecule has 4 heteroatoms. The molecule has 0 radical (unpaired) electrons. The number of benzene rings is 2. The van der Waals surface area contributed by atoms with Gasteiger partial charge in [0.25, 0.3) is 5.56 Å². The number of anilines is 1. The van der Waals surface area contributed by atoms with E-state index in [4.69, 9.17) is 5.73 Å². The monoisotopic (exact) mass is 279 g/mol. The molecule has 0 saturated heterocycles. The molecule has 0 saturated carbocycles. The zero-order valence-electron chi connectivity index (χ0n) is 12.1. The number of fused-ring (bicyclic) bond motifs is 1. The van der Waals surface area contributed by atoms with Gasteiger partial charge >= 0.3 is 0 Å². The first-order valence-corrected chi connectivity index (χ1v) is 6.87. The first kappa shape index (κ1) is 13.4. The highest BCUT2D eigenvalue weighted by molar-refractivity contribution is 5.85. The van der Waals surface area contributed by atoms with E-state index in [0.29, 0.717) is 11.8 Å². The number of nitrogen functional groups attached to an aromatic ring is 1. The van der Waals surface area contributed by atoms with Crippen LogP contribution in [0.5, 0.6) is 0 Å². The molecule has 3 N–H and O–H groups in total. The third-order valence-corrected chi connectivity index (χ3v) is 3.80. The van der Waals surface area contributed by atoms with Crippen molar-refractivity contribution < 1.29 is 0 Å². The van der Waals surface area contributed by atoms with Crippen molar-refractivity contribution in [3.05, 3.63) is 69.1 Å². The third-order valence-electron chi connectivity index (χ3n) is 3.80. The fourth-order valence-corrected chi connectivity index (χ4v) is 2.51. The first-order chi connectivity index (χ1) is 10.0. The lowest BCUT2D eigenvalue weighted by atomic mass is 10.00. The van der Waals surface area contributed by atoms with Crippen LogP contribution >= 0.6 is 0 Å². The number of nitrogens with one attached hydrogen (secondary N) is 1. The Kier molecular flexibility index (Phi) is 3.22. The summed E-state index contributed by atoms with van der Waals surface area (Å²) in [5.41, 5.74) is 10.6. The largest absolute Gasteiger partial charge is 0.399 e. The number of nitrogens with zero attached hydrogens (tertiary/aromatic N) is 1. The van der Waals surface area contributed by atoms with Gasteiger partial charge in [-0.3, -0.25) is 4.79 Å². The fourth-order valence-electron chi connectivity index (χ4n) is 2.51. The molecule has 4 nitrogen and oxygen atoms in total. The maximum atomic E-state index is 12.0. The summed E-state index contributed by atoms with van der Waals surface area (Å²) < 4.78 is 0. The molecule has 0 atom stereocenters. The van der Waals surface area contributed by atoms with Crippen LogP contribution in [-0.2, 0) is 6.42 Å². The number of aromatic nitrogens is 2. The lowest BCUT2D eigenvalue weighted by Crippen LogP contribution is -2.12. The molecule has 0 bridgehead atoms. The molecule has 106 valence electrons. The summed E-state index contributed by atoms with van der Waals surface area (Å²) in [7, 11) is 0. The van der Waals surface area contributed by atoms with Crippen LogP contribution in [0.4, 0.5) is 5.69 Å². The van der Waals surface area contributed by atoms with Gasteiger partial charge in [0, 0.05) is 17.5 Å². The van der Waals surface area contributed by atoms with Crippen LogP contribution in [0.25, 0.3) is 10.8 Å². The number of aromatic amines is 1. The lowest BCUT2D eigenvalue weighted by molar-refractivity contribution is 0.933. The highest BCUT2D eigenvalue weighted by Crippen LogP contribution is 2.21. The van der Waals surface area contributed by atoms with Crippen molar-refractivity contribution in [2.45, 2.75) is 20.3 Å². The van der Waals surface area contributed by atoms with Gasteiger partial charge in [-0.1, -0.05) is 12.1 Å². The van der Waals surface area contributed by atoms with E-state index in [1.165, 1.54) is 0 Å². The normalized spacial score (nSPS) is 11.0. The summed E-state index contributed by atoms with van der Waals surface area (Å²) in [6, 6.07) is 11.7. The molecule has 0 aliphatic rings. The van der Waals surface area contributed by atoms with E-state index >= 15 is 0 Å². The van der Waals surface area contributed by atoms with Crippen molar-refractivity contribution in [2.75, 3.05) is 5.73 Å². The second-order valence-electron chi connectivity index (χ2n) is 5.40. The van der Waals surface area contributed by atoms with Crippen LogP contribution in [0.1, 0.15) is 22.4 Å². The Morgan fingerprint density at radius 2 is 1.81 bits per heavy atom. The molecular formula is C17H17N3O. The molecule has 2 aromatic carbocycles. The summed E-state index contributed by atoms with van der Waals surface area (Å²) in [5.74, 6) is 0. The smallest absolute Gasteiger partial charge is 0.272 e. The van der Waals surface area contributed by atoms with Crippen molar-refractivity contribution in [3.8, 4) is 0 Å². The van der Waals surface area contributed by atoms with Crippen molar-refractivity contribution in [3.63, 3.8) is 0 Å². The molecule has 0 unspecified atom stereocenters. The van der Waals surface area contributed by atoms with Crippen molar-refractivity contribution in [2.24, 2.45) is 0 Å². The lowest BCUT2D eigenvalue weighted by Gasteiger charge is -2.08. The van der Waals surface area contributed by atoms with E-state index < -0.39 is 0 Å². The molecule has 21 heavy (non-hydrogen) atoms. The predicted octanol–water partition coefficient (Wildman–Crippen LogP) is 2.71. The summed E-state index contributed by atoms with van der Waals surface area (Å²) in [5, 5.41) is 8.41. The van der Waals surface area contributed by atoms with Crippen molar-refractivity contribution in [1.29, 1.82) is 0 Å². The Bertz CT molecular complexity index is 881. The number of hydrogen-bond donors (Lipinski definition) is 2. The highest BCUT2D eigenvalue weighted by Gasteiger charge is 2.09. The molecule has 1 heterocycles. The minimum Gasteiger partial charge on any atom is -0.399 e. The van der Waals surface area contributed by atoms with Gasteiger partial charge < -0.3 is 5.73 Å². The fraction of sp³-hybridized carbons (Fsp3) is 0.176. The molecule has 3 rings (SSSR count). The third kappa shape index (κ3) is 2.52. The summed E-state index contributed by atoms with van der Waals surface area (Å²) in [6.45, 7) is 4.05. The Labute approximate surface area is 122 Å². The van der Waals surface area contributed by atoms with Gasteiger partial charge in [0.2, 0.25) is 0 Å². The summed E-state index contributed by atoms with van der Waals surface area (Å²) in [4.78, 5) is 12.0. The number of rotatable bonds is 2. The zero-order chi connectivity index (χ0) is 15.0. The average Bonchev–Trinajstić information content (AvgIpc) is 2.44. The molecule has 0 aliphatic heterocycles. The molecule has 3 aromatic rings. The Morgan fingerprint density at radius 3 is 2.52 bits per heavy atom. The van der Waals surface area contributed by atoms with E-state index in [-0.39, 0.29) is 5.56 Å². The Hall–Kier alpha value is -2.62. The SMILES string of the molecule is Cc1cc2c(Cc3cccc(N)c3)n[nH]c(=O)c2cc1C. The van der Waals surface area contributed by atoms with Gasteiger partial charge in [-0.15, -0.1) is 0 Å². The molecule has 0 amide bonds. The summed E-state index contributed by atoms with van der Waals surface area (Å²) >= 11 is 0. The van der Waals surface area contributed by atoms with E-state index in [2.05, 4.69) is 10.2 Å². The highest BCUT2D eigenvalue weighted by atomic mass is 16.1. The Balaban J connectivity index is 2.17. The minimum atomic E-state index is -0.149. The quantitative estimate of drug-likeness (QED) is 0.708. The van der Waals surface area contributed by atoms with E-state index in [1.54, 1.807) is 0 Å². The van der Waals surface area contributed by atoms with Gasteiger partial charge in [0.15, 0.2) is 0 Å². The number of hydrogen-bond acceptors (Lipinski definition) is 3. The maximum Gasteiger partial charge on any atom is 0.272 e. The molecule has 1 aromatic heterocycles.